The zero-order valence-corrected chi connectivity index (χ0v) is 9.02. The lowest BCUT2D eigenvalue weighted by molar-refractivity contribution is 0.687. The van der Waals surface area contributed by atoms with Gasteiger partial charge in [-0.1, -0.05) is 25.4 Å². The summed E-state index contributed by atoms with van der Waals surface area (Å²) in [5, 5.41) is 3.62. The van der Waals surface area contributed by atoms with Crippen molar-refractivity contribution in [2.75, 3.05) is 11.9 Å². The molecule has 0 saturated carbocycles. The molecule has 1 rings (SSSR count). The topological polar surface area (TPSA) is 37.8 Å². The fraction of sp³-hybridized carbons (Fsp3) is 0.500. The van der Waals surface area contributed by atoms with Crippen LogP contribution in [0.2, 0.25) is 10.4 Å². The Labute approximate surface area is 87.5 Å². The highest BCUT2D eigenvalue weighted by Gasteiger charge is 2.01. The van der Waals surface area contributed by atoms with E-state index >= 15 is 0 Å². The molecule has 5 heteroatoms. The zero-order chi connectivity index (χ0) is 9.84. The van der Waals surface area contributed by atoms with E-state index in [1.165, 1.54) is 0 Å². The number of nitrogens with zero attached hydrogens (tertiary/aromatic N) is 2. The van der Waals surface area contributed by atoms with Crippen molar-refractivity contribution < 1.29 is 0 Å². The molecule has 1 aromatic heterocycles. The predicted molar refractivity (Wildman–Crippen MR) is 55.4 cm³/mol. The lowest BCUT2D eigenvalue weighted by Gasteiger charge is -2.07. The number of anilines is 1. The fourth-order valence-corrected chi connectivity index (χ4v) is 1.20. The van der Waals surface area contributed by atoms with Crippen LogP contribution in [0.3, 0.4) is 0 Å². The van der Waals surface area contributed by atoms with E-state index in [9.17, 15) is 0 Å². The molecule has 1 N–H and O–H groups in total. The molecule has 0 bridgehead atoms. The Bertz CT molecular complexity index is 268. The van der Waals surface area contributed by atoms with Crippen LogP contribution in [0, 0.1) is 5.92 Å². The maximum Gasteiger partial charge on any atom is 0.225 e. The molecule has 0 saturated heterocycles. The Morgan fingerprint density at radius 3 is 2.62 bits per heavy atom. The lowest BCUT2D eigenvalue weighted by atomic mass is 10.2. The van der Waals surface area contributed by atoms with E-state index in [0.29, 0.717) is 16.9 Å². The first-order valence-electron chi connectivity index (χ1n) is 4.02. The summed E-state index contributed by atoms with van der Waals surface area (Å²) in [5.74, 6) is 1.21. The number of halogens is 2. The van der Waals surface area contributed by atoms with Crippen molar-refractivity contribution in [3.8, 4) is 0 Å². The summed E-state index contributed by atoms with van der Waals surface area (Å²) in [7, 11) is 0. The summed E-state index contributed by atoms with van der Waals surface area (Å²) in [4.78, 5) is 7.71. The molecule has 0 spiro atoms. The quantitative estimate of drug-likeness (QED) is 0.628. The molecule has 3 nitrogen and oxygen atoms in total. The normalized spacial score (nSPS) is 10.5. The molecule has 1 heterocycles. The molecule has 0 radical (unpaired) electrons. The predicted octanol–water partition coefficient (Wildman–Crippen LogP) is 2.85. The SMILES string of the molecule is CC(C)CNc1cc(Cl)nc(Cl)n1. The Morgan fingerprint density at radius 1 is 1.38 bits per heavy atom. The van der Waals surface area contributed by atoms with E-state index in [0.717, 1.165) is 6.54 Å². The highest BCUT2D eigenvalue weighted by Crippen LogP contribution is 2.14. The number of aromatic nitrogens is 2. The van der Waals surface area contributed by atoms with Gasteiger partial charge in [-0.3, -0.25) is 0 Å². The molecule has 1 aromatic rings. The molecular formula is C8H11Cl2N3. The number of hydrogen-bond donors (Lipinski definition) is 1. The van der Waals surface area contributed by atoms with Crippen LogP contribution in [0.25, 0.3) is 0 Å². The van der Waals surface area contributed by atoms with Gasteiger partial charge in [0.25, 0.3) is 0 Å². The molecule has 0 atom stereocenters. The molecular weight excluding hydrogens is 209 g/mol. The third kappa shape index (κ3) is 3.79. The molecule has 0 fully saturated rings. The Hall–Kier alpha value is -0.540. The average Bonchev–Trinajstić information content (AvgIpc) is 1.99. The van der Waals surface area contributed by atoms with Crippen LogP contribution in [0.15, 0.2) is 6.07 Å². The largest absolute Gasteiger partial charge is 0.370 e. The molecule has 0 aliphatic heterocycles. The van der Waals surface area contributed by atoms with E-state index in [1.54, 1.807) is 6.07 Å². The Kier molecular flexibility index (Phi) is 3.75. The van der Waals surface area contributed by atoms with Crippen LogP contribution in [0.5, 0.6) is 0 Å². The highest BCUT2D eigenvalue weighted by molar-refractivity contribution is 6.32. The summed E-state index contributed by atoms with van der Waals surface area (Å²) >= 11 is 11.3. The van der Waals surface area contributed by atoms with Gasteiger partial charge in [-0.25, -0.2) is 9.97 Å². The second-order valence-corrected chi connectivity index (χ2v) is 3.84. The minimum Gasteiger partial charge on any atom is -0.370 e. The maximum atomic E-state index is 5.69. The van der Waals surface area contributed by atoms with Crippen LogP contribution in [-0.2, 0) is 0 Å². The molecule has 0 aromatic carbocycles. The van der Waals surface area contributed by atoms with Gasteiger partial charge in [-0.2, -0.15) is 0 Å². The minimum absolute atomic E-state index is 0.166. The van der Waals surface area contributed by atoms with Gasteiger partial charge in [0.15, 0.2) is 0 Å². The van der Waals surface area contributed by atoms with Gasteiger partial charge in [-0.15, -0.1) is 0 Å². The van der Waals surface area contributed by atoms with Crippen molar-refractivity contribution in [1.29, 1.82) is 0 Å². The summed E-state index contributed by atoms with van der Waals surface area (Å²) < 4.78 is 0. The van der Waals surface area contributed by atoms with Crippen molar-refractivity contribution in [2.45, 2.75) is 13.8 Å². The second kappa shape index (κ2) is 4.63. The molecule has 0 unspecified atom stereocenters. The first-order valence-corrected chi connectivity index (χ1v) is 4.77. The standard InChI is InChI=1S/C8H11Cl2N3/c1-5(2)4-11-7-3-6(9)12-8(10)13-7/h3,5H,4H2,1-2H3,(H,11,12,13). The summed E-state index contributed by atoms with van der Waals surface area (Å²) in [6.45, 7) is 5.05. The van der Waals surface area contributed by atoms with Crippen LogP contribution in [0.1, 0.15) is 13.8 Å². The lowest BCUT2D eigenvalue weighted by Crippen LogP contribution is -2.09. The zero-order valence-electron chi connectivity index (χ0n) is 7.51. The minimum atomic E-state index is 0.166. The van der Waals surface area contributed by atoms with Crippen LogP contribution >= 0.6 is 23.2 Å². The van der Waals surface area contributed by atoms with Gasteiger partial charge < -0.3 is 5.32 Å². The van der Waals surface area contributed by atoms with E-state index < -0.39 is 0 Å². The van der Waals surface area contributed by atoms with Crippen molar-refractivity contribution in [3.63, 3.8) is 0 Å². The summed E-state index contributed by atoms with van der Waals surface area (Å²) in [5.41, 5.74) is 0. The van der Waals surface area contributed by atoms with Crippen molar-refractivity contribution in [2.24, 2.45) is 5.92 Å². The van der Waals surface area contributed by atoms with E-state index in [4.69, 9.17) is 23.2 Å². The van der Waals surface area contributed by atoms with Crippen molar-refractivity contribution >= 4 is 29.0 Å². The highest BCUT2D eigenvalue weighted by atomic mass is 35.5. The van der Waals surface area contributed by atoms with Crippen LogP contribution < -0.4 is 5.32 Å². The maximum absolute atomic E-state index is 5.69. The van der Waals surface area contributed by atoms with Gasteiger partial charge in [0.05, 0.1) is 0 Å². The number of nitrogens with one attached hydrogen (secondary N) is 1. The average molecular weight is 220 g/mol. The van der Waals surface area contributed by atoms with Gasteiger partial charge in [-0.05, 0) is 17.5 Å². The van der Waals surface area contributed by atoms with E-state index in [1.807, 2.05) is 0 Å². The summed E-state index contributed by atoms with van der Waals surface area (Å²) in [6.07, 6.45) is 0. The fourth-order valence-electron chi connectivity index (χ4n) is 0.789. The first-order chi connectivity index (χ1) is 6.08. The van der Waals surface area contributed by atoms with Gasteiger partial charge in [0.2, 0.25) is 5.28 Å². The molecule has 13 heavy (non-hydrogen) atoms. The smallest absolute Gasteiger partial charge is 0.225 e. The van der Waals surface area contributed by atoms with Gasteiger partial charge in [0.1, 0.15) is 11.0 Å². The van der Waals surface area contributed by atoms with Crippen molar-refractivity contribution in [3.05, 3.63) is 16.5 Å². The van der Waals surface area contributed by atoms with E-state index in [2.05, 4.69) is 29.1 Å². The molecule has 0 aliphatic carbocycles. The second-order valence-electron chi connectivity index (χ2n) is 3.12. The van der Waals surface area contributed by atoms with Crippen LogP contribution in [-0.4, -0.2) is 16.5 Å². The molecule has 0 amide bonds. The third-order valence-electron chi connectivity index (χ3n) is 1.36. The monoisotopic (exact) mass is 219 g/mol. The summed E-state index contributed by atoms with van der Waals surface area (Å²) in [6, 6.07) is 1.65. The Balaban J connectivity index is 2.66. The number of hydrogen-bond acceptors (Lipinski definition) is 3. The van der Waals surface area contributed by atoms with Crippen molar-refractivity contribution in [1.82, 2.24) is 9.97 Å². The van der Waals surface area contributed by atoms with Crippen LogP contribution in [0.4, 0.5) is 5.82 Å². The molecule has 0 aliphatic rings. The third-order valence-corrected chi connectivity index (χ3v) is 1.72. The molecule has 72 valence electrons. The van der Waals surface area contributed by atoms with Gasteiger partial charge in [0, 0.05) is 12.6 Å². The van der Waals surface area contributed by atoms with E-state index in [-0.39, 0.29) is 5.28 Å². The Morgan fingerprint density at radius 2 is 2.08 bits per heavy atom. The number of rotatable bonds is 3. The first kappa shape index (κ1) is 10.5. The van der Waals surface area contributed by atoms with Gasteiger partial charge >= 0.3 is 0 Å².